The monoisotopic (exact) mass is 450 g/mol. The van der Waals surface area contributed by atoms with E-state index in [1.54, 1.807) is 38.1 Å². The maximum atomic E-state index is 12.8. The SMILES string of the molecule is CCN(CC)S(=O)(=O)c1cc(C(=O)OCn2nnc3ccccc3c2=O)ccc1Cl. The summed E-state index contributed by atoms with van der Waals surface area (Å²) in [5.41, 5.74) is -0.0599. The number of sulfonamides is 1. The second-order valence-corrected chi connectivity index (χ2v) is 8.52. The lowest BCUT2D eigenvalue weighted by atomic mass is 10.2. The summed E-state index contributed by atoms with van der Waals surface area (Å²) < 4.78 is 32.8. The molecule has 1 aromatic heterocycles. The van der Waals surface area contributed by atoms with E-state index in [1.165, 1.54) is 16.4 Å². The lowest BCUT2D eigenvalue weighted by Crippen LogP contribution is -2.31. The zero-order valence-corrected chi connectivity index (χ0v) is 17.9. The molecule has 0 fully saturated rings. The fraction of sp³-hybridized carbons (Fsp3) is 0.263. The van der Waals surface area contributed by atoms with Gasteiger partial charge in [0.25, 0.3) is 5.56 Å². The number of aromatic nitrogens is 3. The van der Waals surface area contributed by atoms with Gasteiger partial charge in [-0.05, 0) is 30.3 Å². The third-order valence-electron chi connectivity index (χ3n) is 4.44. The van der Waals surface area contributed by atoms with Gasteiger partial charge in [0.15, 0.2) is 6.73 Å². The molecule has 0 unspecified atom stereocenters. The van der Waals surface area contributed by atoms with Crippen LogP contribution in [0.2, 0.25) is 5.02 Å². The van der Waals surface area contributed by atoms with E-state index in [0.717, 1.165) is 10.7 Å². The summed E-state index contributed by atoms with van der Waals surface area (Å²) in [4.78, 5) is 24.7. The summed E-state index contributed by atoms with van der Waals surface area (Å²) in [6.45, 7) is 3.45. The van der Waals surface area contributed by atoms with Crippen molar-refractivity contribution in [1.29, 1.82) is 0 Å². The van der Waals surface area contributed by atoms with Crippen LogP contribution in [0.15, 0.2) is 52.2 Å². The molecule has 11 heteroatoms. The zero-order chi connectivity index (χ0) is 21.9. The Kier molecular flexibility index (Phi) is 6.49. The average molecular weight is 451 g/mol. The Bertz CT molecular complexity index is 1260. The molecular formula is C19H19ClN4O5S. The lowest BCUT2D eigenvalue weighted by molar-refractivity contribution is 0.0336. The predicted molar refractivity (Wildman–Crippen MR) is 111 cm³/mol. The van der Waals surface area contributed by atoms with Crippen molar-refractivity contribution < 1.29 is 17.9 Å². The van der Waals surface area contributed by atoms with Crippen molar-refractivity contribution in [2.75, 3.05) is 13.1 Å². The average Bonchev–Trinajstić information content (AvgIpc) is 2.74. The highest BCUT2D eigenvalue weighted by atomic mass is 35.5. The van der Waals surface area contributed by atoms with Gasteiger partial charge >= 0.3 is 5.97 Å². The molecule has 0 N–H and O–H groups in total. The van der Waals surface area contributed by atoms with Gasteiger partial charge in [-0.25, -0.2) is 13.2 Å². The fourth-order valence-electron chi connectivity index (χ4n) is 2.84. The maximum Gasteiger partial charge on any atom is 0.339 e. The van der Waals surface area contributed by atoms with E-state index in [-0.39, 0.29) is 28.6 Å². The largest absolute Gasteiger partial charge is 0.439 e. The van der Waals surface area contributed by atoms with Crippen molar-refractivity contribution in [3.8, 4) is 0 Å². The second-order valence-electron chi connectivity index (χ2n) is 6.21. The molecule has 0 amide bonds. The molecule has 0 aliphatic rings. The van der Waals surface area contributed by atoms with Gasteiger partial charge in [0, 0.05) is 13.1 Å². The van der Waals surface area contributed by atoms with Gasteiger partial charge in [-0.2, -0.15) is 8.99 Å². The van der Waals surface area contributed by atoms with E-state index in [9.17, 15) is 18.0 Å². The predicted octanol–water partition coefficient (Wildman–Crippen LogP) is 2.29. The van der Waals surface area contributed by atoms with Crippen LogP contribution in [-0.4, -0.2) is 46.8 Å². The van der Waals surface area contributed by atoms with Crippen LogP contribution in [0.25, 0.3) is 10.9 Å². The van der Waals surface area contributed by atoms with Crippen LogP contribution in [0.5, 0.6) is 0 Å². The van der Waals surface area contributed by atoms with Gasteiger partial charge in [0.1, 0.15) is 10.4 Å². The number of benzene rings is 2. The molecule has 9 nitrogen and oxygen atoms in total. The van der Waals surface area contributed by atoms with Crippen molar-refractivity contribution in [2.45, 2.75) is 25.5 Å². The first-order valence-corrected chi connectivity index (χ1v) is 10.9. The van der Waals surface area contributed by atoms with Crippen LogP contribution in [-0.2, 0) is 21.5 Å². The summed E-state index contributed by atoms with van der Waals surface area (Å²) in [5.74, 6) is -0.829. The summed E-state index contributed by atoms with van der Waals surface area (Å²) in [6.07, 6.45) is 0. The molecule has 2 aromatic carbocycles. The first kappa shape index (κ1) is 21.9. The number of carbonyl (C=O) groups is 1. The summed E-state index contributed by atoms with van der Waals surface area (Å²) in [5, 5.41) is 7.98. The number of hydrogen-bond acceptors (Lipinski definition) is 7. The Morgan fingerprint density at radius 3 is 2.57 bits per heavy atom. The quantitative estimate of drug-likeness (QED) is 0.507. The Morgan fingerprint density at radius 1 is 1.17 bits per heavy atom. The molecule has 0 spiro atoms. The molecule has 0 saturated heterocycles. The third-order valence-corrected chi connectivity index (χ3v) is 6.97. The highest BCUT2D eigenvalue weighted by Gasteiger charge is 2.26. The van der Waals surface area contributed by atoms with Gasteiger partial charge in [-0.3, -0.25) is 4.79 Å². The normalized spacial score (nSPS) is 11.7. The number of nitrogens with zero attached hydrogens (tertiary/aromatic N) is 4. The minimum atomic E-state index is -3.87. The minimum Gasteiger partial charge on any atom is -0.439 e. The molecule has 158 valence electrons. The Labute approximate surface area is 177 Å². The summed E-state index contributed by atoms with van der Waals surface area (Å²) >= 11 is 6.07. The van der Waals surface area contributed by atoms with Gasteiger partial charge in [-0.1, -0.05) is 42.8 Å². The van der Waals surface area contributed by atoms with Crippen LogP contribution < -0.4 is 5.56 Å². The van der Waals surface area contributed by atoms with Gasteiger partial charge in [-0.15, -0.1) is 5.10 Å². The highest BCUT2D eigenvalue weighted by Crippen LogP contribution is 2.26. The van der Waals surface area contributed by atoms with Crippen LogP contribution in [0.3, 0.4) is 0 Å². The second kappa shape index (κ2) is 8.90. The van der Waals surface area contributed by atoms with E-state index in [1.807, 2.05) is 0 Å². The molecular weight excluding hydrogens is 432 g/mol. The minimum absolute atomic E-state index is 0.00457. The summed E-state index contributed by atoms with van der Waals surface area (Å²) in [7, 11) is -3.87. The zero-order valence-electron chi connectivity index (χ0n) is 16.3. The molecule has 0 aliphatic carbocycles. The number of ether oxygens (including phenoxy) is 1. The van der Waals surface area contributed by atoms with Crippen LogP contribution in [0.4, 0.5) is 0 Å². The highest BCUT2D eigenvalue weighted by molar-refractivity contribution is 7.89. The van der Waals surface area contributed by atoms with Crippen molar-refractivity contribution in [3.63, 3.8) is 0 Å². The smallest absolute Gasteiger partial charge is 0.339 e. The van der Waals surface area contributed by atoms with E-state index >= 15 is 0 Å². The number of fused-ring (bicyclic) bond motifs is 1. The lowest BCUT2D eigenvalue weighted by Gasteiger charge is -2.19. The van der Waals surface area contributed by atoms with E-state index in [2.05, 4.69) is 10.3 Å². The molecule has 3 aromatic rings. The number of hydrogen-bond donors (Lipinski definition) is 0. The van der Waals surface area contributed by atoms with Crippen LogP contribution >= 0.6 is 11.6 Å². The van der Waals surface area contributed by atoms with E-state index in [4.69, 9.17) is 16.3 Å². The molecule has 0 saturated carbocycles. The number of esters is 1. The van der Waals surface area contributed by atoms with Crippen LogP contribution in [0, 0.1) is 0 Å². The maximum absolute atomic E-state index is 12.8. The number of carbonyl (C=O) groups excluding carboxylic acids is 1. The molecule has 3 rings (SSSR count). The molecule has 0 aliphatic heterocycles. The fourth-order valence-corrected chi connectivity index (χ4v) is 4.80. The molecule has 0 radical (unpaired) electrons. The molecule has 30 heavy (non-hydrogen) atoms. The Balaban J connectivity index is 1.85. The van der Waals surface area contributed by atoms with Crippen molar-refractivity contribution in [2.24, 2.45) is 0 Å². The van der Waals surface area contributed by atoms with E-state index in [0.29, 0.717) is 10.9 Å². The van der Waals surface area contributed by atoms with Gasteiger partial charge < -0.3 is 4.74 Å². The first-order valence-electron chi connectivity index (χ1n) is 9.09. The molecule has 0 bridgehead atoms. The molecule has 0 atom stereocenters. The van der Waals surface area contributed by atoms with Crippen LogP contribution in [0.1, 0.15) is 24.2 Å². The van der Waals surface area contributed by atoms with Gasteiger partial charge in [0.05, 0.1) is 16.0 Å². The van der Waals surface area contributed by atoms with Crippen molar-refractivity contribution in [3.05, 3.63) is 63.4 Å². The standard InChI is InChI=1S/C19H19ClN4O5S/c1-3-23(4-2)30(27,28)17-11-13(9-10-15(17)20)19(26)29-12-24-18(25)14-7-5-6-8-16(14)21-22-24/h5-11H,3-4,12H2,1-2H3. The first-order chi connectivity index (χ1) is 14.3. The van der Waals surface area contributed by atoms with Crippen molar-refractivity contribution in [1.82, 2.24) is 19.3 Å². The Hall–Kier alpha value is -2.82. The Morgan fingerprint density at radius 2 is 1.87 bits per heavy atom. The topological polar surface area (TPSA) is 111 Å². The number of rotatable bonds is 7. The number of halogens is 1. The third kappa shape index (κ3) is 4.20. The van der Waals surface area contributed by atoms with Crippen molar-refractivity contribution >= 4 is 38.5 Å². The van der Waals surface area contributed by atoms with Gasteiger partial charge in [0.2, 0.25) is 10.0 Å². The molecule has 1 heterocycles. The summed E-state index contributed by atoms with van der Waals surface area (Å²) in [6, 6.07) is 10.5. The van der Waals surface area contributed by atoms with E-state index < -0.39 is 28.3 Å².